The lowest BCUT2D eigenvalue weighted by atomic mass is 10.1. The van der Waals surface area contributed by atoms with Gasteiger partial charge < -0.3 is 14.2 Å². The Hall–Kier alpha value is -5.44. The summed E-state index contributed by atoms with van der Waals surface area (Å²) in [5.41, 5.74) is 5.36. The van der Waals surface area contributed by atoms with Gasteiger partial charge in [0.2, 0.25) is 0 Å². The molecule has 0 aliphatic carbocycles. The van der Waals surface area contributed by atoms with E-state index in [9.17, 15) is 14.4 Å². The van der Waals surface area contributed by atoms with Gasteiger partial charge in [0.25, 0.3) is 5.91 Å². The predicted octanol–water partition coefficient (Wildman–Crippen LogP) is 8.02. The molecule has 0 aliphatic heterocycles. The fraction of sp³-hybridized carbons (Fsp3) is 0.0556. The molecule has 1 N–H and O–H groups in total. The van der Waals surface area contributed by atoms with E-state index in [0.29, 0.717) is 21.4 Å². The molecule has 8 nitrogen and oxygen atoms in total. The average Bonchev–Trinajstić information content (AvgIpc) is 3.07. The minimum absolute atomic E-state index is 0.0298. The SMILES string of the molecule is C[C@H](Oc1ccc(-c2ccccc2)cc1)C(=O)N/N=C\c1ccc(OC(=O)c2ccc(Cl)cc2)cc1OC(=O)c1ccc(Cl)cc1. The van der Waals surface area contributed by atoms with Gasteiger partial charge in [-0.05, 0) is 90.8 Å². The van der Waals surface area contributed by atoms with Crippen molar-refractivity contribution in [1.82, 2.24) is 5.43 Å². The van der Waals surface area contributed by atoms with Gasteiger partial charge in [0, 0.05) is 21.7 Å². The standard InChI is InChI=1S/C36H26Cl2N2O6/c1-23(44-31-18-11-25(12-19-31)24-5-3-2-4-6-24)34(41)40-39-22-28-13-20-32(45-35(42)26-7-14-29(37)15-8-26)21-33(28)46-36(43)27-9-16-30(38)17-10-27/h2-23H,1H3,(H,40,41)/b39-22-/t23-/m0/s1. The summed E-state index contributed by atoms with van der Waals surface area (Å²) in [5.74, 6) is -1.16. The summed E-state index contributed by atoms with van der Waals surface area (Å²) in [5, 5.41) is 4.95. The van der Waals surface area contributed by atoms with Gasteiger partial charge in [-0.25, -0.2) is 15.0 Å². The third-order valence-electron chi connectivity index (χ3n) is 6.58. The second-order valence-corrected chi connectivity index (χ2v) is 10.8. The van der Waals surface area contributed by atoms with Crippen molar-refractivity contribution in [3.63, 3.8) is 0 Å². The summed E-state index contributed by atoms with van der Waals surface area (Å²) in [6, 6.07) is 34.0. The topological polar surface area (TPSA) is 103 Å². The quantitative estimate of drug-likeness (QED) is 0.0709. The lowest BCUT2D eigenvalue weighted by Gasteiger charge is -2.13. The lowest BCUT2D eigenvalue weighted by molar-refractivity contribution is -0.127. The van der Waals surface area contributed by atoms with Gasteiger partial charge in [-0.3, -0.25) is 4.79 Å². The fourth-order valence-electron chi connectivity index (χ4n) is 4.14. The molecule has 1 amide bonds. The van der Waals surface area contributed by atoms with Gasteiger partial charge in [0.05, 0.1) is 17.3 Å². The first-order chi connectivity index (χ1) is 22.2. The molecule has 0 radical (unpaired) electrons. The number of carbonyl (C=O) groups is 3. The largest absolute Gasteiger partial charge is 0.481 e. The van der Waals surface area contributed by atoms with Gasteiger partial charge >= 0.3 is 11.9 Å². The minimum Gasteiger partial charge on any atom is -0.481 e. The van der Waals surface area contributed by atoms with Crippen LogP contribution in [0.15, 0.2) is 126 Å². The Morgan fingerprint density at radius 3 is 1.83 bits per heavy atom. The molecule has 0 saturated carbocycles. The van der Waals surface area contributed by atoms with Crippen LogP contribution in [0.25, 0.3) is 11.1 Å². The number of hydrogen-bond acceptors (Lipinski definition) is 7. The second-order valence-electron chi connectivity index (χ2n) is 9.88. The van der Waals surface area contributed by atoms with Crippen molar-refractivity contribution in [2.45, 2.75) is 13.0 Å². The average molecular weight is 654 g/mol. The third-order valence-corrected chi connectivity index (χ3v) is 7.08. The molecular formula is C36H26Cl2N2O6. The molecular weight excluding hydrogens is 627 g/mol. The third kappa shape index (κ3) is 8.59. The number of nitrogens with one attached hydrogen (secondary N) is 1. The van der Waals surface area contributed by atoms with Crippen LogP contribution < -0.4 is 19.6 Å². The smallest absolute Gasteiger partial charge is 0.343 e. The van der Waals surface area contributed by atoms with E-state index < -0.39 is 23.9 Å². The van der Waals surface area contributed by atoms with E-state index in [2.05, 4.69) is 10.5 Å². The molecule has 10 heteroatoms. The summed E-state index contributed by atoms with van der Waals surface area (Å²) < 4.78 is 16.9. The van der Waals surface area contributed by atoms with Gasteiger partial charge in [-0.15, -0.1) is 0 Å². The molecule has 5 aromatic carbocycles. The van der Waals surface area contributed by atoms with Crippen LogP contribution in [-0.4, -0.2) is 30.2 Å². The van der Waals surface area contributed by atoms with Crippen LogP contribution in [0.4, 0.5) is 0 Å². The highest BCUT2D eigenvalue weighted by molar-refractivity contribution is 6.31. The van der Waals surface area contributed by atoms with Crippen LogP contribution in [0, 0.1) is 0 Å². The molecule has 0 heterocycles. The summed E-state index contributed by atoms with van der Waals surface area (Å²) in [6.45, 7) is 1.60. The Kier molecular flexibility index (Phi) is 10.4. The Balaban J connectivity index is 1.27. The van der Waals surface area contributed by atoms with Crippen molar-refractivity contribution in [2.24, 2.45) is 5.10 Å². The molecule has 46 heavy (non-hydrogen) atoms. The first-order valence-corrected chi connectivity index (χ1v) is 14.8. The highest BCUT2D eigenvalue weighted by atomic mass is 35.5. The minimum atomic E-state index is -0.864. The number of ether oxygens (including phenoxy) is 3. The number of hydrogen-bond donors (Lipinski definition) is 1. The Morgan fingerprint density at radius 1 is 0.674 bits per heavy atom. The lowest BCUT2D eigenvalue weighted by Crippen LogP contribution is -2.33. The maximum atomic E-state index is 12.9. The Bertz CT molecular complexity index is 1860. The van der Waals surface area contributed by atoms with Crippen LogP contribution in [0.1, 0.15) is 33.2 Å². The van der Waals surface area contributed by atoms with Crippen LogP contribution in [0.5, 0.6) is 17.2 Å². The maximum Gasteiger partial charge on any atom is 0.343 e. The van der Waals surface area contributed by atoms with Crippen molar-refractivity contribution in [3.8, 4) is 28.4 Å². The molecule has 230 valence electrons. The van der Waals surface area contributed by atoms with E-state index in [0.717, 1.165) is 11.1 Å². The molecule has 5 aromatic rings. The zero-order valence-corrected chi connectivity index (χ0v) is 25.9. The van der Waals surface area contributed by atoms with E-state index >= 15 is 0 Å². The van der Waals surface area contributed by atoms with Gasteiger partial charge in [-0.2, -0.15) is 5.10 Å². The zero-order chi connectivity index (χ0) is 32.5. The first kappa shape index (κ1) is 32.0. The Labute approximate surface area is 275 Å². The van der Waals surface area contributed by atoms with E-state index in [1.165, 1.54) is 48.7 Å². The van der Waals surface area contributed by atoms with E-state index in [4.69, 9.17) is 37.4 Å². The monoisotopic (exact) mass is 652 g/mol. The summed E-state index contributed by atoms with van der Waals surface area (Å²) in [7, 11) is 0. The van der Waals surface area contributed by atoms with Crippen LogP contribution in [0.2, 0.25) is 10.0 Å². The molecule has 1 atom stereocenters. The number of carbonyl (C=O) groups excluding carboxylic acids is 3. The molecule has 0 fully saturated rings. The number of hydrazone groups is 1. The highest BCUT2D eigenvalue weighted by Gasteiger charge is 2.17. The zero-order valence-electron chi connectivity index (χ0n) is 24.4. The van der Waals surface area contributed by atoms with Gasteiger partial charge in [0.15, 0.2) is 6.10 Å². The fourth-order valence-corrected chi connectivity index (χ4v) is 4.39. The predicted molar refractivity (Wildman–Crippen MR) is 177 cm³/mol. The van der Waals surface area contributed by atoms with Crippen LogP contribution in [-0.2, 0) is 4.79 Å². The number of amides is 1. The van der Waals surface area contributed by atoms with Crippen LogP contribution in [0.3, 0.4) is 0 Å². The molecule has 0 aliphatic rings. The van der Waals surface area contributed by atoms with E-state index in [-0.39, 0.29) is 22.6 Å². The Morgan fingerprint density at radius 2 is 1.22 bits per heavy atom. The van der Waals surface area contributed by atoms with Crippen molar-refractivity contribution in [1.29, 1.82) is 0 Å². The van der Waals surface area contributed by atoms with Crippen LogP contribution >= 0.6 is 23.2 Å². The molecule has 5 rings (SSSR count). The number of esters is 2. The van der Waals surface area contributed by atoms with Crippen molar-refractivity contribution in [2.75, 3.05) is 0 Å². The first-order valence-electron chi connectivity index (χ1n) is 14.0. The number of rotatable bonds is 10. The van der Waals surface area contributed by atoms with E-state index in [1.807, 2.05) is 42.5 Å². The van der Waals surface area contributed by atoms with Crippen molar-refractivity contribution >= 4 is 47.3 Å². The number of benzene rings is 5. The molecule has 0 spiro atoms. The highest BCUT2D eigenvalue weighted by Crippen LogP contribution is 2.27. The van der Waals surface area contributed by atoms with E-state index in [1.54, 1.807) is 43.3 Å². The second kappa shape index (κ2) is 15.0. The normalized spacial score (nSPS) is 11.5. The molecule has 0 saturated heterocycles. The summed E-state index contributed by atoms with van der Waals surface area (Å²) in [4.78, 5) is 38.3. The van der Waals surface area contributed by atoms with Crippen molar-refractivity contribution < 1.29 is 28.6 Å². The number of nitrogens with zero attached hydrogens (tertiary/aromatic N) is 1. The molecule has 0 unspecified atom stereocenters. The van der Waals surface area contributed by atoms with Crippen molar-refractivity contribution in [3.05, 3.63) is 148 Å². The number of halogens is 2. The molecule has 0 aromatic heterocycles. The molecule has 0 bridgehead atoms. The summed E-state index contributed by atoms with van der Waals surface area (Å²) >= 11 is 11.8. The maximum absolute atomic E-state index is 12.9. The summed E-state index contributed by atoms with van der Waals surface area (Å²) in [6.07, 6.45) is 0.436. The van der Waals surface area contributed by atoms with Gasteiger partial charge in [0.1, 0.15) is 17.2 Å². The van der Waals surface area contributed by atoms with Gasteiger partial charge in [-0.1, -0.05) is 65.7 Å².